The number of piperidine rings is 1. The molecule has 0 N–H and O–H groups in total. The Morgan fingerprint density at radius 3 is 2.62 bits per heavy atom. The Labute approximate surface area is 142 Å². The quantitative estimate of drug-likeness (QED) is 0.797. The van der Waals surface area contributed by atoms with Gasteiger partial charge in [-0.15, -0.1) is 0 Å². The van der Waals surface area contributed by atoms with Crippen molar-refractivity contribution >= 4 is 5.91 Å². The first-order valence-corrected chi connectivity index (χ1v) is 8.63. The molecule has 1 atom stereocenters. The van der Waals surface area contributed by atoms with E-state index in [1.165, 1.54) is 0 Å². The largest absolute Gasteiger partial charge is 0.490 e. The molecule has 6 nitrogen and oxygen atoms in total. The molecular formula is C18H25NO5. The van der Waals surface area contributed by atoms with Crippen LogP contribution in [0.2, 0.25) is 0 Å². The van der Waals surface area contributed by atoms with Crippen LogP contribution in [0.5, 0.6) is 11.5 Å². The lowest BCUT2D eigenvalue weighted by Gasteiger charge is -2.34. The molecule has 0 aliphatic carbocycles. The van der Waals surface area contributed by atoms with Gasteiger partial charge in [0.15, 0.2) is 24.4 Å². The summed E-state index contributed by atoms with van der Waals surface area (Å²) in [4.78, 5) is 14.3. The standard InChI is InChI=1S/C18H25NO5/c1-2-21-15-7-3-4-8-16(15)24-13-17(20)19-9-5-6-14(12-19)18-22-10-11-23-18/h3-4,7-8,14,18H,2,5-6,9-13H2,1H3. The lowest BCUT2D eigenvalue weighted by atomic mass is 9.97. The fourth-order valence-electron chi connectivity index (χ4n) is 3.18. The molecule has 3 rings (SSSR count). The summed E-state index contributed by atoms with van der Waals surface area (Å²) < 4.78 is 22.4. The highest BCUT2D eigenvalue weighted by Crippen LogP contribution is 2.27. The summed E-state index contributed by atoms with van der Waals surface area (Å²) in [6.07, 6.45) is 1.83. The number of ether oxygens (including phenoxy) is 4. The summed E-state index contributed by atoms with van der Waals surface area (Å²) in [7, 11) is 0. The summed E-state index contributed by atoms with van der Waals surface area (Å²) in [5, 5.41) is 0. The van der Waals surface area contributed by atoms with Crippen LogP contribution < -0.4 is 9.47 Å². The molecule has 0 spiro atoms. The Bertz CT molecular complexity index is 544. The number of carbonyl (C=O) groups excluding carboxylic acids is 1. The zero-order chi connectivity index (χ0) is 16.8. The maximum Gasteiger partial charge on any atom is 0.260 e. The van der Waals surface area contributed by atoms with Gasteiger partial charge in [0.2, 0.25) is 0 Å². The first-order valence-electron chi connectivity index (χ1n) is 8.63. The first kappa shape index (κ1) is 17.0. The van der Waals surface area contributed by atoms with E-state index in [1.54, 1.807) is 0 Å². The highest BCUT2D eigenvalue weighted by molar-refractivity contribution is 5.78. The van der Waals surface area contributed by atoms with Gasteiger partial charge in [0.05, 0.1) is 19.8 Å². The van der Waals surface area contributed by atoms with E-state index in [0.29, 0.717) is 37.9 Å². The van der Waals surface area contributed by atoms with Crippen LogP contribution in [0.15, 0.2) is 24.3 Å². The molecule has 2 heterocycles. The van der Waals surface area contributed by atoms with Crippen molar-refractivity contribution in [2.75, 3.05) is 39.5 Å². The minimum Gasteiger partial charge on any atom is -0.490 e. The predicted molar refractivity (Wildman–Crippen MR) is 88.1 cm³/mol. The maximum absolute atomic E-state index is 12.5. The van der Waals surface area contributed by atoms with Crippen molar-refractivity contribution in [3.05, 3.63) is 24.3 Å². The van der Waals surface area contributed by atoms with Gasteiger partial charge in [0.1, 0.15) is 0 Å². The Morgan fingerprint density at radius 1 is 1.21 bits per heavy atom. The Morgan fingerprint density at radius 2 is 1.92 bits per heavy atom. The predicted octanol–water partition coefficient (Wildman–Crippen LogP) is 2.08. The van der Waals surface area contributed by atoms with Crippen LogP contribution in [0.25, 0.3) is 0 Å². The molecule has 1 aromatic carbocycles. The van der Waals surface area contributed by atoms with E-state index in [-0.39, 0.29) is 24.7 Å². The van der Waals surface area contributed by atoms with Crippen molar-refractivity contribution in [1.29, 1.82) is 0 Å². The second-order valence-electron chi connectivity index (χ2n) is 6.02. The molecule has 2 saturated heterocycles. The number of nitrogens with zero attached hydrogens (tertiary/aromatic N) is 1. The zero-order valence-electron chi connectivity index (χ0n) is 14.1. The number of carbonyl (C=O) groups is 1. The van der Waals surface area contributed by atoms with Crippen molar-refractivity contribution < 1.29 is 23.7 Å². The Hall–Kier alpha value is -1.79. The van der Waals surface area contributed by atoms with Crippen LogP contribution >= 0.6 is 0 Å². The zero-order valence-corrected chi connectivity index (χ0v) is 14.1. The molecule has 6 heteroatoms. The minimum atomic E-state index is -0.166. The van der Waals surface area contributed by atoms with Crippen LogP contribution in [0.1, 0.15) is 19.8 Å². The lowest BCUT2D eigenvalue weighted by Crippen LogP contribution is -2.45. The van der Waals surface area contributed by atoms with Gasteiger partial charge in [-0.05, 0) is 31.9 Å². The number of likely N-dealkylation sites (tertiary alicyclic amines) is 1. The molecule has 2 fully saturated rings. The Kier molecular flexibility index (Phi) is 5.93. The van der Waals surface area contributed by atoms with Gasteiger partial charge in [-0.25, -0.2) is 0 Å². The van der Waals surface area contributed by atoms with Crippen molar-refractivity contribution in [3.8, 4) is 11.5 Å². The highest BCUT2D eigenvalue weighted by atomic mass is 16.7. The molecule has 2 aliphatic rings. The number of hydrogen-bond donors (Lipinski definition) is 0. The van der Waals surface area contributed by atoms with Crippen LogP contribution in [-0.2, 0) is 14.3 Å². The van der Waals surface area contributed by atoms with E-state index in [1.807, 2.05) is 36.1 Å². The summed E-state index contributed by atoms with van der Waals surface area (Å²) in [5.41, 5.74) is 0. The van der Waals surface area contributed by atoms with E-state index in [2.05, 4.69) is 0 Å². The van der Waals surface area contributed by atoms with Crippen molar-refractivity contribution in [2.45, 2.75) is 26.1 Å². The van der Waals surface area contributed by atoms with Gasteiger partial charge in [-0.2, -0.15) is 0 Å². The molecule has 24 heavy (non-hydrogen) atoms. The summed E-state index contributed by atoms with van der Waals surface area (Å²) in [6.45, 7) is 5.22. The molecule has 132 valence electrons. The molecular weight excluding hydrogens is 310 g/mol. The van der Waals surface area contributed by atoms with Gasteiger partial charge in [0, 0.05) is 19.0 Å². The fourth-order valence-corrected chi connectivity index (χ4v) is 3.18. The summed E-state index contributed by atoms with van der Waals surface area (Å²) in [5.74, 6) is 1.51. The third kappa shape index (κ3) is 4.19. The van der Waals surface area contributed by atoms with Crippen molar-refractivity contribution in [3.63, 3.8) is 0 Å². The second kappa shape index (κ2) is 8.35. The average molecular weight is 335 g/mol. The molecule has 1 amide bonds. The molecule has 0 aromatic heterocycles. The number of para-hydroxylation sites is 2. The normalized spacial score (nSPS) is 21.7. The molecule has 0 saturated carbocycles. The van der Waals surface area contributed by atoms with Crippen LogP contribution in [0.3, 0.4) is 0 Å². The number of rotatable bonds is 6. The molecule has 0 bridgehead atoms. The van der Waals surface area contributed by atoms with E-state index in [4.69, 9.17) is 18.9 Å². The van der Waals surface area contributed by atoms with E-state index >= 15 is 0 Å². The summed E-state index contributed by atoms with van der Waals surface area (Å²) in [6, 6.07) is 7.41. The second-order valence-corrected chi connectivity index (χ2v) is 6.02. The van der Waals surface area contributed by atoms with Gasteiger partial charge in [-0.3, -0.25) is 4.79 Å². The third-order valence-corrected chi connectivity index (χ3v) is 4.34. The van der Waals surface area contributed by atoms with E-state index < -0.39 is 0 Å². The Balaban J connectivity index is 1.53. The first-order chi connectivity index (χ1) is 11.8. The molecule has 1 unspecified atom stereocenters. The van der Waals surface area contributed by atoms with Crippen LogP contribution in [0, 0.1) is 5.92 Å². The topological polar surface area (TPSA) is 57.2 Å². The molecule has 2 aliphatic heterocycles. The number of benzene rings is 1. The SMILES string of the molecule is CCOc1ccccc1OCC(=O)N1CCCC(C2OCCO2)C1. The summed E-state index contributed by atoms with van der Waals surface area (Å²) >= 11 is 0. The average Bonchev–Trinajstić information content (AvgIpc) is 3.16. The fraction of sp³-hybridized carbons (Fsp3) is 0.611. The van der Waals surface area contributed by atoms with Gasteiger partial charge < -0.3 is 23.8 Å². The minimum absolute atomic E-state index is 0.0102. The van der Waals surface area contributed by atoms with E-state index in [9.17, 15) is 4.79 Å². The number of amides is 1. The van der Waals surface area contributed by atoms with Crippen LogP contribution in [-0.4, -0.2) is 56.6 Å². The lowest BCUT2D eigenvalue weighted by molar-refractivity contribution is -0.141. The monoisotopic (exact) mass is 335 g/mol. The number of hydrogen-bond acceptors (Lipinski definition) is 5. The van der Waals surface area contributed by atoms with Gasteiger partial charge in [-0.1, -0.05) is 12.1 Å². The van der Waals surface area contributed by atoms with E-state index in [0.717, 1.165) is 19.4 Å². The molecule has 1 aromatic rings. The van der Waals surface area contributed by atoms with Gasteiger partial charge in [0.25, 0.3) is 5.91 Å². The third-order valence-electron chi connectivity index (χ3n) is 4.34. The van der Waals surface area contributed by atoms with Crippen LogP contribution in [0.4, 0.5) is 0 Å². The van der Waals surface area contributed by atoms with Crippen molar-refractivity contribution in [1.82, 2.24) is 4.90 Å². The van der Waals surface area contributed by atoms with Crippen molar-refractivity contribution in [2.24, 2.45) is 5.92 Å². The molecule has 0 radical (unpaired) electrons. The van der Waals surface area contributed by atoms with Gasteiger partial charge >= 0.3 is 0 Å². The maximum atomic E-state index is 12.5. The highest BCUT2D eigenvalue weighted by Gasteiger charge is 2.32. The smallest absolute Gasteiger partial charge is 0.260 e.